The van der Waals surface area contributed by atoms with Crippen LogP contribution in [0.3, 0.4) is 0 Å². The first-order valence-electron chi connectivity index (χ1n) is 5.75. The average molecular weight is 235 g/mol. The van der Waals surface area contributed by atoms with Crippen molar-refractivity contribution in [1.29, 1.82) is 0 Å². The molecular weight excluding hydrogens is 218 g/mol. The fourth-order valence-corrected chi connectivity index (χ4v) is 2.66. The van der Waals surface area contributed by atoms with Crippen LogP contribution in [0.25, 0.3) is 0 Å². The van der Waals surface area contributed by atoms with E-state index < -0.39 is 0 Å². The summed E-state index contributed by atoms with van der Waals surface area (Å²) >= 11 is 4.39. The molecule has 2 atom stereocenters. The lowest BCUT2D eigenvalue weighted by Crippen LogP contribution is -2.30. The molecular formula is C13H17NOS. The van der Waals surface area contributed by atoms with Gasteiger partial charge in [0.05, 0.1) is 6.04 Å². The zero-order valence-corrected chi connectivity index (χ0v) is 10.4. The molecule has 2 rings (SSSR count). The van der Waals surface area contributed by atoms with Gasteiger partial charge in [-0.25, -0.2) is 0 Å². The second-order valence-corrected chi connectivity index (χ2v) is 4.97. The van der Waals surface area contributed by atoms with Gasteiger partial charge in [0.25, 0.3) is 0 Å². The summed E-state index contributed by atoms with van der Waals surface area (Å²) in [6.07, 6.45) is 1.53. The molecule has 1 amide bonds. The van der Waals surface area contributed by atoms with Gasteiger partial charge in [-0.05, 0) is 12.0 Å². The van der Waals surface area contributed by atoms with Gasteiger partial charge in [-0.2, -0.15) is 12.6 Å². The third kappa shape index (κ3) is 2.24. The highest BCUT2D eigenvalue weighted by molar-refractivity contribution is 7.81. The summed E-state index contributed by atoms with van der Waals surface area (Å²) < 4.78 is 0. The van der Waals surface area contributed by atoms with Crippen molar-refractivity contribution in [3.05, 3.63) is 35.9 Å². The molecule has 1 saturated heterocycles. The number of hydrogen-bond donors (Lipinski definition) is 1. The highest BCUT2D eigenvalue weighted by Gasteiger charge is 2.32. The molecule has 2 nitrogen and oxygen atoms in total. The Morgan fingerprint density at radius 3 is 2.62 bits per heavy atom. The summed E-state index contributed by atoms with van der Waals surface area (Å²) in [6.45, 7) is 2.89. The lowest BCUT2D eigenvalue weighted by atomic mass is 10.0. The van der Waals surface area contributed by atoms with Crippen molar-refractivity contribution in [3.8, 4) is 0 Å². The molecule has 86 valence electrons. The second kappa shape index (κ2) is 4.91. The predicted octanol–water partition coefficient (Wildman–Crippen LogP) is 2.67. The molecule has 1 fully saturated rings. The molecule has 1 aromatic rings. The summed E-state index contributed by atoms with van der Waals surface area (Å²) in [5.41, 5.74) is 1.22. The lowest BCUT2D eigenvalue weighted by molar-refractivity contribution is -0.129. The molecule has 0 spiro atoms. The molecule has 0 aliphatic carbocycles. The fourth-order valence-electron chi connectivity index (χ4n) is 2.32. The Hall–Kier alpha value is -0.960. The van der Waals surface area contributed by atoms with Gasteiger partial charge in [-0.15, -0.1) is 0 Å². The van der Waals surface area contributed by atoms with E-state index in [2.05, 4.69) is 31.7 Å². The van der Waals surface area contributed by atoms with Crippen LogP contribution in [-0.4, -0.2) is 22.6 Å². The Kier molecular flexibility index (Phi) is 3.54. The first kappa shape index (κ1) is 11.5. The normalized spacial score (nSPS) is 22.5. The van der Waals surface area contributed by atoms with Crippen molar-refractivity contribution in [1.82, 2.24) is 4.90 Å². The smallest absolute Gasteiger partial charge is 0.224 e. The van der Waals surface area contributed by atoms with Crippen molar-refractivity contribution in [3.63, 3.8) is 0 Å². The van der Waals surface area contributed by atoms with E-state index in [1.54, 1.807) is 0 Å². The van der Waals surface area contributed by atoms with Crippen LogP contribution in [0.2, 0.25) is 0 Å². The number of nitrogens with zero attached hydrogens (tertiary/aromatic N) is 1. The molecule has 1 heterocycles. The minimum absolute atomic E-state index is 0.199. The van der Waals surface area contributed by atoms with Crippen LogP contribution < -0.4 is 0 Å². The van der Waals surface area contributed by atoms with E-state index in [4.69, 9.17) is 0 Å². The number of thiol groups is 1. The van der Waals surface area contributed by atoms with Gasteiger partial charge < -0.3 is 4.90 Å². The van der Waals surface area contributed by atoms with Crippen LogP contribution >= 0.6 is 12.6 Å². The molecule has 0 radical (unpaired) electrons. The number of rotatable bonds is 3. The number of likely N-dealkylation sites (tertiary alicyclic amines) is 1. The van der Waals surface area contributed by atoms with Crippen LogP contribution in [0.15, 0.2) is 30.3 Å². The zero-order valence-electron chi connectivity index (χ0n) is 9.47. The summed E-state index contributed by atoms with van der Waals surface area (Å²) in [6, 6.07) is 10.4. The number of hydrogen-bond acceptors (Lipinski definition) is 2. The van der Waals surface area contributed by atoms with Crippen LogP contribution in [-0.2, 0) is 4.79 Å². The quantitative estimate of drug-likeness (QED) is 0.799. The predicted molar refractivity (Wildman–Crippen MR) is 68.6 cm³/mol. The van der Waals surface area contributed by atoms with E-state index in [1.165, 1.54) is 5.56 Å². The SMILES string of the molecule is CC[C@@H](c1ccccc1)N1CC(S)CC1=O. The monoisotopic (exact) mass is 235 g/mol. The third-order valence-electron chi connectivity index (χ3n) is 3.09. The number of carbonyl (C=O) groups is 1. The van der Waals surface area contributed by atoms with E-state index in [0.29, 0.717) is 6.42 Å². The van der Waals surface area contributed by atoms with Crippen molar-refractivity contribution < 1.29 is 4.79 Å². The van der Waals surface area contributed by atoms with Gasteiger partial charge in [0.15, 0.2) is 0 Å². The maximum atomic E-state index is 11.8. The standard InChI is InChI=1S/C13H17NOS/c1-2-12(10-6-4-3-5-7-10)14-9-11(16)8-13(14)15/h3-7,11-12,16H,2,8-9H2,1H3/t11?,12-/m0/s1. The van der Waals surface area contributed by atoms with Gasteiger partial charge in [0.1, 0.15) is 0 Å². The molecule has 1 unspecified atom stereocenters. The van der Waals surface area contributed by atoms with Crippen LogP contribution in [0.4, 0.5) is 0 Å². The van der Waals surface area contributed by atoms with Crippen LogP contribution in [0.1, 0.15) is 31.4 Å². The first-order chi connectivity index (χ1) is 7.72. The van der Waals surface area contributed by atoms with E-state index in [-0.39, 0.29) is 17.2 Å². The Labute approximate surface area is 102 Å². The summed E-state index contributed by atoms with van der Waals surface area (Å²) in [5.74, 6) is 0.232. The van der Waals surface area contributed by atoms with E-state index >= 15 is 0 Å². The second-order valence-electron chi connectivity index (χ2n) is 4.24. The molecule has 1 aliphatic rings. The fraction of sp³-hybridized carbons (Fsp3) is 0.462. The Morgan fingerprint density at radius 2 is 2.12 bits per heavy atom. The topological polar surface area (TPSA) is 20.3 Å². The number of benzene rings is 1. The molecule has 16 heavy (non-hydrogen) atoms. The molecule has 0 saturated carbocycles. The largest absolute Gasteiger partial charge is 0.335 e. The molecule has 0 N–H and O–H groups in total. The zero-order chi connectivity index (χ0) is 11.5. The van der Waals surface area contributed by atoms with E-state index in [9.17, 15) is 4.79 Å². The van der Waals surface area contributed by atoms with Crippen molar-refractivity contribution in [2.45, 2.75) is 31.1 Å². The molecule has 0 aromatic heterocycles. The van der Waals surface area contributed by atoms with Crippen molar-refractivity contribution >= 4 is 18.5 Å². The van der Waals surface area contributed by atoms with E-state index in [1.807, 2.05) is 23.1 Å². The maximum absolute atomic E-state index is 11.8. The highest BCUT2D eigenvalue weighted by Crippen LogP contribution is 2.29. The Morgan fingerprint density at radius 1 is 1.44 bits per heavy atom. The lowest BCUT2D eigenvalue weighted by Gasteiger charge is -2.27. The van der Waals surface area contributed by atoms with Gasteiger partial charge in [0.2, 0.25) is 5.91 Å². The van der Waals surface area contributed by atoms with Crippen molar-refractivity contribution in [2.24, 2.45) is 0 Å². The highest BCUT2D eigenvalue weighted by atomic mass is 32.1. The van der Waals surface area contributed by atoms with E-state index in [0.717, 1.165) is 13.0 Å². The van der Waals surface area contributed by atoms with Crippen molar-refractivity contribution in [2.75, 3.05) is 6.54 Å². The van der Waals surface area contributed by atoms with Gasteiger partial charge in [0, 0.05) is 18.2 Å². The summed E-state index contributed by atoms with van der Waals surface area (Å²) in [5, 5.41) is 0.199. The van der Waals surface area contributed by atoms with Gasteiger partial charge in [-0.3, -0.25) is 4.79 Å². The summed E-state index contributed by atoms with van der Waals surface area (Å²) in [7, 11) is 0. The maximum Gasteiger partial charge on any atom is 0.224 e. The van der Waals surface area contributed by atoms with Gasteiger partial charge in [-0.1, -0.05) is 37.3 Å². The molecule has 1 aliphatic heterocycles. The Balaban J connectivity index is 2.20. The summed E-state index contributed by atoms with van der Waals surface area (Å²) in [4.78, 5) is 13.8. The average Bonchev–Trinajstić information content (AvgIpc) is 2.61. The number of amides is 1. The van der Waals surface area contributed by atoms with Crippen LogP contribution in [0, 0.1) is 0 Å². The molecule has 0 bridgehead atoms. The molecule has 3 heteroatoms. The van der Waals surface area contributed by atoms with Gasteiger partial charge >= 0.3 is 0 Å². The number of carbonyl (C=O) groups excluding carboxylic acids is 1. The first-order valence-corrected chi connectivity index (χ1v) is 6.26. The Bertz CT molecular complexity index is 365. The van der Waals surface area contributed by atoms with Crippen LogP contribution in [0.5, 0.6) is 0 Å². The third-order valence-corrected chi connectivity index (χ3v) is 3.43. The minimum Gasteiger partial charge on any atom is -0.335 e. The minimum atomic E-state index is 0.199. The molecule has 1 aromatic carbocycles.